The molecule has 4 heteroatoms. The first-order valence-electron chi connectivity index (χ1n) is 4.96. The van der Waals surface area contributed by atoms with E-state index >= 15 is 0 Å². The number of hydrogen-bond acceptors (Lipinski definition) is 4. The summed E-state index contributed by atoms with van der Waals surface area (Å²) in [7, 11) is 0. The smallest absolute Gasteiger partial charge is 0.230 e. The molecule has 0 amide bonds. The zero-order valence-corrected chi connectivity index (χ0v) is 8.05. The molecule has 0 saturated heterocycles. The first kappa shape index (κ1) is 8.47. The van der Waals surface area contributed by atoms with Crippen LogP contribution in [0.15, 0.2) is 28.8 Å². The molecule has 76 valence electrons. The van der Waals surface area contributed by atoms with Crippen LogP contribution in [0.4, 0.5) is 0 Å². The molecule has 0 unspecified atom stereocenters. The first-order chi connectivity index (χ1) is 7.33. The van der Waals surface area contributed by atoms with E-state index in [0.717, 1.165) is 24.3 Å². The van der Waals surface area contributed by atoms with Crippen molar-refractivity contribution >= 4 is 0 Å². The zero-order chi connectivity index (χ0) is 10.3. The van der Waals surface area contributed by atoms with Crippen LogP contribution in [0.1, 0.15) is 24.7 Å². The Morgan fingerprint density at radius 2 is 1.93 bits per heavy atom. The summed E-state index contributed by atoms with van der Waals surface area (Å²) in [6.45, 7) is 0. The largest absolute Gasteiger partial charge is 0.508 e. The van der Waals surface area contributed by atoms with E-state index in [4.69, 9.17) is 9.63 Å². The van der Waals surface area contributed by atoms with E-state index in [0.29, 0.717) is 11.7 Å². The summed E-state index contributed by atoms with van der Waals surface area (Å²) >= 11 is 0. The van der Waals surface area contributed by atoms with Crippen molar-refractivity contribution in [1.29, 1.82) is 0 Å². The van der Waals surface area contributed by atoms with E-state index in [1.54, 1.807) is 24.3 Å². The van der Waals surface area contributed by atoms with Gasteiger partial charge in [0, 0.05) is 11.5 Å². The molecule has 1 aromatic carbocycles. The molecule has 3 rings (SSSR count). The number of benzene rings is 1. The molecule has 4 nitrogen and oxygen atoms in total. The number of hydrogen-bond donors (Lipinski definition) is 1. The van der Waals surface area contributed by atoms with E-state index < -0.39 is 0 Å². The second kappa shape index (κ2) is 3.08. The second-order valence-corrected chi connectivity index (χ2v) is 3.78. The Morgan fingerprint density at radius 3 is 2.60 bits per heavy atom. The molecular formula is C11H10N2O2. The fourth-order valence-corrected chi connectivity index (χ4v) is 1.46. The van der Waals surface area contributed by atoms with E-state index in [1.807, 2.05) is 0 Å². The molecular weight excluding hydrogens is 192 g/mol. The predicted molar refractivity (Wildman–Crippen MR) is 53.4 cm³/mol. The summed E-state index contributed by atoms with van der Waals surface area (Å²) in [5.41, 5.74) is 0.864. The number of rotatable bonds is 2. The van der Waals surface area contributed by atoms with Crippen molar-refractivity contribution in [2.75, 3.05) is 0 Å². The van der Waals surface area contributed by atoms with E-state index in [9.17, 15) is 0 Å². The Morgan fingerprint density at radius 1 is 1.20 bits per heavy atom. The molecule has 1 N–H and O–H groups in total. The molecule has 1 aliphatic carbocycles. The Bertz CT molecular complexity index is 472. The molecule has 1 aromatic heterocycles. The number of phenolic OH excluding ortho intramolecular Hbond substituents is 1. The highest BCUT2D eigenvalue weighted by atomic mass is 16.5. The Labute approximate surface area is 86.6 Å². The third kappa shape index (κ3) is 1.58. The van der Waals surface area contributed by atoms with Crippen LogP contribution < -0.4 is 0 Å². The summed E-state index contributed by atoms with van der Waals surface area (Å²) < 4.78 is 5.15. The topological polar surface area (TPSA) is 59.2 Å². The van der Waals surface area contributed by atoms with Gasteiger partial charge in [0.1, 0.15) is 5.75 Å². The molecule has 2 aromatic rings. The van der Waals surface area contributed by atoms with E-state index in [-0.39, 0.29) is 5.75 Å². The Hall–Kier alpha value is -1.84. The normalized spacial score (nSPS) is 15.5. The van der Waals surface area contributed by atoms with Crippen LogP contribution in [0.5, 0.6) is 5.75 Å². The maximum absolute atomic E-state index is 9.14. The van der Waals surface area contributed by atoms with Gasteiger partial charge in [0.2, 0.25) is 11.7 Å². The van der Waals surface area contributed by atoms with Crippen LogP contribution in [0.25, 0.3) is 11.4 Å². The lowest BCUT2D eigenvalue weighted by Gasteiger charge is -1.93. The van der Waals surface area contributed by atoms with Crippen LogP contribution in [0.3, 0.4) is 0 Å². The lowest BCUT2D eigenvalue weighted by atomic mass is 10.2. The third-order valence-corrected chi connectivity index (χ3v) is 2.49. The predicted octanol–water partition coefficient (Wildman–Crippen LogP) is 2.32. The minimum Gasteiger partial charge on any atom is -0.508 e. The van der Waals surface area contributed by atoms with E-state index in [1.165, 1.54) is 0 Å². The van der Waals surface area contributed by atoms with Crippen LogP contribution in [0, 0.1) is 0 Å². The molecule has 1 saturated carbocycles. The minimum absolute atomic E-state index is 0.240. The van der Waals surface area contributed by atoms with Crippen molar-refractivity contribution in [3.05, 3.63) is 30.2 Å². The highest BCUT2D eigenvalue weighted by Crippen LogP contribution is 2.39. The summed E-state index contributed by atoms with van der Waals surface area (Å²) in [4.78, 5) is 4.31. The average Bonchev–Trinajstić information content (AvgIpc) is 2.99. The molecule has 0 bridgehead atoms. The van der Waals surface area contributed by atoms with Crippen LogP contribution in [0.2, 0.25) is 0 Å². The second-order valence-electron chi connectivity index (χ2n) is 3.78. The van der Waals surface area contributed by atoms with Crippen molar-refractivity contribution in [2.24, 2.45) is 0 Å². The van der Waals surface area contributed by atoms with Crippen molar-refractivity contribution in [2.45, 2.75) is 18.8 Å². The molecule has 1 aliphatic rings. The highest BCUT2D eigenvalue weighted by Gasteiger charge is 2.29. The summed E-state index contributed by atoms with van der Waals surface area (Å²) in [5.74, 6) is 2.04. The molecule has 1 heterocycles. The zero-order valence-electron chi connectivity index (χ0n) is 8.05. The van der Waals surface area contributed by atoms with Gasteiger partial charge in [-0.2, -0.15) is 4.98 Å². The first-order valence-corrected chi connectivity index (χ1v) is 4.96. The van der Waals surface area contributed by atoms with Gasteiger partial charge in [-0.15, -0.1) is 0 Å². The highest BCUT2D eigenvalue weighted by molar-refractivity contribution is 5.55. The van der Waals surface area contributed by atoms with Crippen molar-refractivity contribution in [3.8, 4) is 17.1 Å². The van der Waals surface area contributed by atoms with Gasteiger partial charge < -0.3 is 9.63 Å². The van der Waals surface area contributed by atoms with E-state index in [2.05, 4.69) is 10.1 Å². The number of nitrogens with zero attached hydrogens (tertiary/aromatic N) is 2. The van der Waals surface area contributed by atoms with Gasteiger partial charge in [0.25, 0.3) is 0 Å². The van der Waals surface area contributed by atoms with Crippen molar-refractivity contribution in [3.63, 3.8) is 0 Å². The summed E-state index contributed by atoms with van der Waals surface area (Å²) in [6, 6.07) is 6.78. The summed E-state index contributed by atoms with van der Waals surface area (Å²) in [6.07, 6.45) is 2.30. The lowest BCUT2D eigenvalue weighted by Crippen LogP contribution is -1.81. The number of aromatic hydroxyl groups is 1. The number of aromatic nitrogens is 2. The maximum Gasteiger partial charge on any atom is 0.230 e. The third-order valence-electron chi connectivity index (χ3n) is 2.49. The fraction of sp³-hybridized carbons (Fsp3) is 0.273. The van der Waals surface area contributed by atoms with Gasteiger partial charge in [0.15, 0.2) is 0 Å². The van der Waals surface area contributed by atoms with Gasteiger partial charge in [-0.1, -0.05) is 5.16 Å². The standard InChI is InChI=1S/C11H10N2O2/c14-9-5-3-7(4-6-9)10-12-11(15-13-10)8-1-2-8/h3-6,8,14H,1-2H2. The molecule has 0 radical (unpaired) electrons. The van der Waals surface area contributed by atoms with Crippen molar-refractivity contribution in [1.82, 2.24) is 10.1 Å². The molecule has 1 fully saturated rings. The van der Waals surface area contributed by atoms with Crippen LogP contribution >= 0.6 is 0 Å². The fourth-order valence-electron chi connectivity index (χ4n) is 1.46. The molecule has 0 spiro atoms. The molecule has 0 atom stereocenters. The SMILES string of the molecule is Oc1ccc(-c2noc(C3CC3)n2)cc1. The summed E-state index contributed by atoms with van der Waals surface area (Å²) in [5, 5.41) is 13.1. The van der Waals surface area contributed by atoms with Gasteiger partial charge in [-0.05, 0) is 37.1 Å². The molecule has 15 heavy (non-hydrogen) atoms. The Kier molecular flexibility index (Phi) is 1.74. The minimum atomic E-state index is 0.240. The van der Waals surface area contributed by atoms with Crippen molar-refractivity contribution < 1.29 is 9.63 Å². The van der Waals surface area contributed by atoms with Crippen LogP contribution in [-0.4, -0.2) is 15.2 Å². The van der Waals surface area contributed by atoms with Gasteiger partial charge in [0.05, 0.1) is 0 Å². The lowest BCUT2D eigenvalue weighted by molar-refractivity contribution is 0.380. The van der Waals surface area contributed by atoms with Crippen LogP contribution in [-0.2, 0) is 0 Å². The molecule has 0 aliphatic heterocycles. The Balaban J connectivity index is 1.93. The quantitative estimate of drug-likeness (QED) is 0.811. The average molecular weight is 202 g/mol. The van der Waals surface area contributed by atoms with Gasteiger partial charge in [-0.3, -0.25) is 0 Å². The maximum atomic E-state index is 9.14. The number of phenols is 1. The van der Waals surface area contributed by atoms with Gasteiger partial charge >= 0.3 is 0 Å². The monoisotopic (exact) mass is 202 g/mol. The van der Waals surface area contributed by atoms with Gasteiger partial charge in [-0.25, -0.2) is 0 Å².